The van der Waals surface area contributed by atoms with Crippen molar-refractivity contribution in [2.24, 2.45) is 0 Å². The van der Waals surface area contributed by atoms with Gasteiger partial charge in [0.15, 0.2) is 0 Å². The van der Waals surface area contributed by atoms with Crippen molar-refractivity contribution in [3.05, 3.63) is 54.1 Å². The molecule has 0 radical (unpaired) electrons. The Kier molecular flexibility index (Phi) is 5.64. The molecule has 1 aliphatic heterocycles. The number of aromatic nitrogens is 1. The molecule has 4 nitrogen and oxygen atoms in total. The molecule has 24 heavy (non-hydrogen) atoms. The maximum atomic E-state index is 12.9. The topological polar surface area (TPSA) is 28.6 Å². The molecule has 1 aliphatic rings. The SMILES string of the molecule is Cc1cnccc1N1CCCN(CCOc2ccc(F)cc2)CC1. The summed E-state index contributed by atoms with van der Waals surface area (Å²) in [7, 11) is 0. The Bertz CT molecular complexity index is 647. The van der Waals surface area contributed by atoms with Gasteiger partial charge in [0.2, 0.25) is 0 Å². The number of hydrogen-bond donors (Lipinski definition) is 0. The first kappa shape index (κ1) is 16.7. The molecule has 2 aromatic rings. The minimum atomic E-state index is -0.235. The van der Waals surface area contributed by atoms with Gasteiger partial charge in [-0.1, -0.05) is 0 Å². The summed E-state index contributed by atoms with van der Waals surface area (Å²) in [5.41, 5.74) is 2.51. The zero-order valence-electron chi connectivity index (χ0n) is 14.1. The molecule has 0 amide bonds. The second-order valence-electron chi connectivity index (χ2n) is 6.15. The quantitative estimate of drug-likeness (QED) is 0.843. The van der Waals surface area contributed by atoms with Crippen LogP contribution in [0.2, 0.25) is 0 Å². The summed E-state index contributed by atoms with van der Waals surface area (Å²) in [6, 6.07) is 8.30. The molecule has 2 heterocycles. The third kappa shape index (κ3) is 4.45. The maximum Gasteiger partial charge on any atom is 0.123 e. The first-order valence-electron chi connectivity index (χ1n) is 8.48. The summed E-state index contributed by atoms with van der Waals surface area (Å²) < 4.78 is 18.6. The van der Waals surface area contributed by atoms with Crippen molar-refractivity contribution in [2.45, 2.75) is 13.3 Å². The van der Waals surface area contributed by atoms with E-state index in [1.807, 2.05) is 12.4 Å². The molecule has 3 rings (SSSR count). The lowest BCUT2D eigenvalue weighted by molar-refractivity contribution is 0.218. The number of halogens is 1. The van der Waals surface area contributed by atoms with E-state index in [0.29, 0.717) is 6.61 Å². The van der Waals surface area contributed by atoms with Crippen LogP contribution in [0.3, 0.4) is 0 Å². The van der Waals surface area contributed by atoms with Crippen molar-refractivity contribution >= 4 is 5.69 Å². The van der Waals surface area contributed by atoms with Gasteiger partial charge < -0.3 is 9.64 Å². The van der Waals surface area contributed by atoms with Crippen LogP contribution in [0.1, 0.15) is 12.0 Å². The molecule has 128 valence electrons. The fourth-order valence-corrected chi connectivity index (χ4v) is 3.08. The van der Waals surface area contributed by atoms with Gasteiger partial charge in [0.1, 0.15) is 18.2 Å². The monoisotopic (exact) mass is 329 g/mol. The average Bonchev–Trinajstić information content (AvgIpc) is 2.83. The second-order valence-corrected chi connectivity index (χ2v) is 6.15. The Hall–Kier alpha value is -2.14. The molecule has 0 unspecified atom stereocenters. The van der Waals surface area contributed by atoms with E-state index in [4.69, 9.17) is 4.74 Å². The smallest absolute Gasteiger partial charge is 0.123 e. The van der Waals surface area contributed by atoms with E-state index in [2.05, 4.69) is 27.8 Å². The summed E-state index contributed by atoms with van der Waals surface area (Å²) in [4.78, 5) is 9.05. The zero-order chi connectivity index (χ0) is 16.8. The third-order valence-electron chi connectivity index (χ3n) is 4.41. The van der Waals surface area contributed by atoms with Crippen LogP contribution in [-0.2, 0) is 0 Å². The fraction of sp³-hybridized carbons (Fsp3) is 0.421. The predicted octanol–water partition coefficient (Wildman–Crippen LogP) is 3.12. The molecular formula is C19H24FN3O. The molecule has 0 atom stereocenters. The van der Waals surface area contributed by atoms with Gasteiger partial charge in [-0.25, -0.2) is 4.39 Å². The molecule has 5 heteroatoms. The molecular weight excluding hydrogens is 305 g/mol. The van der Waals surface area contributed by atoms with E-state index in [9.17, 15) is 4.39 Å². The highest BCUT2D eigenvalue weighted by atomic mass is 19.1. The molecule has 0 spiro atoms. The van der Waals surface area contributed by atoms with Crippen LogP contribution in [0.4, 0.5) is 10.1 Å². The van der Waals surface area contributed by atoms with Gasteiger partial charge in [-0.05, 0) is 49.2 Å². The van der Waals surface area contributed by atoms with Crippen LogP contribution >= 0.6 is 0 Å². The first-order valence-corrected chi connectivity index (χ1v) is 8.48. The Morgan fingerprint density at radius 2 is 1.92 bits per heavy atom. The first-order chi connectivity index (χ1) is 11.7. The molecule has 0 aliphatic carbocycles. The zero-order valence-corrected chi connectivity index (χ0v) is 14.1. The van der Waals surface area contributed by atoms with E-state index in [1.165, 1.54) is 23.4 Å². The van der Waals surface area contributed by atoms with Crippen LogP contribution in [0.15, 0.2) is 42.7 Å². The lowest BCUT2D eigenvalue weighted by Crippen LogP contribution is -2.33. The van der Waals surface area contributed by atoms with Crippen molar-refractivity contribution in [3.63, 3.8) is 0 Å². The number of benzene rings is 1. The van der Waals surface area contributed by atoms with Crippen LogP contribution in [0.5, 0.6) is 5.75 Å². The lowest BCUT2D eigenvalue weighted by atomic mass is 10.2. The van der Waals surface area contributed by atoms with E-state index in [1.54, 1.807) is 12.1 Å². The second kappa shape index (κ2) is 8.11. The number of aryl methyl sites for hydroxylation is 1. The molecule has 0 bridgehead atoms. The van der Waals surface area contributed by atoms with Gasteiger partial charge >= 0.3 is 0 Å². The van der Waals surface area contributed by atoms with Crippen molar-refractivity contribution in [1.29, 1.82) is 0 Å². The summed E-state index contributed by atoms with van der Waals surface area (Å²) >= 11 is 0. The number of pyridine rings is 1. The summed E-state index contributed by atoms with van der Waals surface area (Å²) in [6.45, 7) is 7.81. The number of ether oxygens (including phenoxy) is 1. The highest BCUT2D eigenvalue weighted by Crippen LogP contribution is 2.20. The van der Waals surface area contributed by atoms with E-state index in [-0.39, 0.29) is 5.82 Å². The number of rotatable bonds is 5. The number of anilines is 1. The Balaban J connectivity index is 1.47. The van der Waals surface area contributed by atoms with Gasteiger partial charge in [0.25, 0.3) is 0 Å². The summed E-state index contributed by atoms with van der Waals surface area (Å²) in [5, 5.41) is 0. The largest absolute Gasteiger partial charge is 0.492 e. The third-order valence-corrected chi connectivity index (χ3v) is 4.41. The van der Waals surface area contributed by atoms with Gasteiger partial charge in [-0.2, -0.15) is 0 Å². The predicted molar refractivity (Wildman–Crippen MR) is 94.1 cm³/mol. The van der Waals surface area contributed by atoms with E-state index >= 15 is 0 Å². The Morgan fingerprint density at radius 3 is 2.71 bits per heavy atom. The van der Waals surface area contributed by atoms with Crippen LogP contribution in [0.25, 0.3) is 0 Å². The molecule has 1 aromatic heterocycles. The van der Waals surface area contributed by atoms with Crippen LogP contribution < -0.4 is 9.64 Å². The normalized spacial score (nSPS) is 16.0. The lowest BCUT2D eigenvalue weighted by Gasteiger charge is -2.25. The number of hydrogen-bond acceptors (Lipinski definition) is 4. The van der Waals surface area contributed by atoms with Crippen molar-refractivity contribution in [1.82, 2.24) is 9.88 Å². The van der Waals surface area contributed by atoms with Crippen LogP contribution in [-0.4, -0.2) is 49.2 Å². The molecule has 0 saturated carbocycles. The van der Waals surface area contributed by atoms with Crippen molar-refractivity contribution in [2.75, 3.05) is 44.2 Å². The standard InChI is InChI=1S/C19H24FN3O/c1-16-15-21-8-7-19(16)23-10-2-9-22(11-12-23)13-14-24-18-5-3-17(20)4-6-18/h3-8,15H,2,9-14H2,1H3. The minimum absolute atomic E-state index is 0.235. The van der Waals surface area contributed by atoms with Gasteiger partial charge in [-0.15, -0.1) is 0 Å². The van der Waals surface area contributed by atoms with Crippen molar-refractivity contribution in [3.8, 4) is 5.75 Å². The molecule has 1 fully saturated rings. The molecule has 0 N–H and O–H groups in total. The Labute approximate surface area is 142 Å². The highest BCUT2D eigenvalue weighted by Gasteiger charge is 2.16. The minimum Gasteiger partial charge on any atom is -0.492 e. The highest BCUT2D eigenvalue weighted by molar-refractivity contribution is 5.51. The van der Waals surface area contributed by atoms with E-state index < -0.39 is 0 Å². The Morgan fingerprint density at radius 1 is 1.08 bits per heavy atom. The average molecular weight is 329 g/mol. The van der Waals surface area contributed by atoms with Gasteiger partial charge in [-0.3, -0.25) is 9.88 Å². The summed E-state index contributed by atoms with van der Waals surface area (Å²) in [5.74, 6) is 0.488. The van der Waals surface area contributed by atoms with Gasteiger partial charge in [0.05, 0.1) is 0 Å². The molecule has 1 aromatic carbocycles. The van der Waals surface area contributed by atoms with E-state index in [0.717, 1.165) is 44.9 Å². The molecule has 1 saturated heterocycles. The summed E-state index contributed by atoms with van der Waals surface area (Å²) in [6.07, 6.45) is 4.92. The van der Waals surface area contributed by atoms with Crippen LogP contribution in [0, 0.1) is 12.7 Å². The van der Waals surface area contributed by atoms with Gasteiger partial charge in [0, 0.05) is 50.8 Å². The number of nitrogens with zero attached hydrogens (tertiary/aromatic N) is 3. The maximum absolute atomic E-state index is 12.9. The van der Waals surface area contributed by atoms with Crippen molar-refractivity contribution < 1.29 is 9.13 Å². The fourth-order valence-electron chi connectivity index (χ4n) is 3.08.